The summed E-state index contributed by atoms with van der Waals surface area (Å²) in [6, 6.07) is 13.0. The molecular formula is C14H11BrN2OS. The molecule has 0 radical (unpaired) electrons. The Balaban J connectivity index is 2.06. The SMILES string of the molecule is CN(CC(=O)c1ccc(Br)s1)c1ccc(C#N)cc1. The monoisotopic (exact) mass is 334 g/mol. The number of carbonyl (C=O) groups is 1. The molecule has 0 unspecified atom stereocenters. The predicted molar refractivity (Wildman–Crippen MR) is 80.8 cm³/mol. The fourth-order valence-corrected chi connectivity index (χ4v) is 2.96. The minimum Gasteiger partial charge on any atom is -0.367 e. The van der Waals surface area contributed by atoms with E-state index in [1.54, 1.807) is 12.1 Å². The topological polar surface area (TPSA) is 44.1 Å². The number of carbonyl (C=O) groups excluding carboxylic acids is 1. The molecule has 96 valence electrons. The van der Waals surface area contributed by atoms with E-state index >= 15 is 0 Å². The second-order valence-corrected chi connectivity index (χ2v) is 6.50. The number of nitriles is 1. The van der Waals surface area contributed by atoms with Gasteiger partial charge in [-0.3, -0.25) is 4.79 Å². The number of ketones is 1. The van der Waals surface area contributed by atoms with E-state index in [4.69, 9.17) is 5.26 Å². The minimum atomic E-state index is 0.0857. The zero-order chi connectivity index (χ0) is 13.8. The molecule has 1 aromatic carbocycles. The van der Waals surface area contributed by atoms with Gasteiger partial charge in [0, 0.05) is 12.7 Å². The van der Waals surface area contributed by atoms with Crippen LogP contribution in [0.3, 0.4) is 0 Å². The van der Waals surface area contributed by atoms with Crippen molar-refractivity contribution in [3.05, 3.63) is 50.6 Å². The standard InChI is InChI=1S/C14H11BrN2OS/c1-17(11-4-2-10(8-16)3-5-11)9-12(18)13-6-7-14(15)19-13/h2-7H,9H2,1H3. The lowest BCUT2D eigenvalue weighted by atomic mass is 10.2. The first-order valence-electron chi connectivity index (χ1n) is 5.60. The number of likely N-dealkylation sites (N-methyl/N-ethyl adjacent to an activating group) is 1. The molecule has 19 heavy (non-hydrogen) atoms. The highest BCUT2D eigenvalue weighted by molar-refractivity contribution is 9.11. The molecule has 0 aliphatic rings. The Hall–Kier alpha value is -1.64. The van der Waals surface area contributed by atoms with E-state index in [9.17, 15) is 4.79 Å². The van der Waals surface area contributed by atoms with Crippen molar-refractivity contribution < 1.29 is 4.79 Å². The quantitative estimate of drug-likeness (QED) is 0.800. The van der Waals surface area contributed by atoms with Crippen LogP contribution in [0.25, 0.3) is 0 Å². The van der Waals surface area contributed by atoms with Gasteiger partial charge in [-0.25, -0.2) is 0 Å². The number of halogens is 1. The Kier molecular flexibility index (Phi) is 4.35. The van der Waals surface area contributed by atoms with E-state index in [1.165, 1.54) is 11.3 Å². The van der Waals surface area contributed by atoms with Gasteiger partial charge in [-0.15, -0.1) is 11.3 Å². The molecular weight excluding hydrogens is 324 g/mol. The number of rotatable bonds is 4. The summed E-state index contributed by atoms with van der Waals surface area (Å²) in [4.78, 5) is 14.7. The van der Waals surface area contributed by atoms with E-state index < -0.39 is 0 Å². The van der Waals surface area contributed by atoms with Crippen LogP contribution in [0.5, 0.6) is 0 Å². The molecule has 0 amide bonds. The molecule has 0 saturated carbocycles. The predicted octanol–water partition coefficient (Wildman–Crippen LogP) is 3.70. The van der Waals surface area contributed by atoms with E-state index in [0.29, 0.717) is 12.1 Å². The van der Waals surface area contributed by atoms with Crippen molar-refractivity contribution >= 4 is 38.7 Å². The van der Waals surface area contributed by atoms with E-state index in [-0.39, 0.29) is 5.78 Å². The van der Waals surface area contributed by atoms with Gasteiger partial charge in [0.25, 0.3) is 0 Å². The first kappa shape index (κ1) is 13.8. The molecule has 0 aliphatic heterocycles. The van der Waals surface area contributed by atoms with Gasteiger partial charge in [0.2, 0.25) is 0 Å². The lowest BCUT2D eigenvalue weighted by Crippen LogP contribution is -2.25. The maximum atomic E-state index is 12.1. The van der Waals surface area contributed by atoms with Gasteiger partial charge in [0.15, 0.2) is 5.78 Å². The largest absolute Gasteiger partial charge is 0.367 e. The third-order valence-electron chi connectivity index (χ3n) is 2.67. The zero-order valence-corrected chi connectivity index (χ0v) is 12.7. The molecule has 0 N–H and O–H groups in total. The Morgan fingerprint density at radius 2 is 2.00 bits per heavy atom. The van der Waals surface area contributed by atoms with Crippen molar-refractivity contribution in [2.75, 3.05) is 18.5 Å². The van der Waals surface area contributed by atoms with Crippen LogP contribution in [0.15, 0.2) is 40.2 Å². The molecule has 0 bridgehead atoms. The van der Waals surface area contributed by atoms with Crippen LogP contribution < -0.4 is 4.90 Å². The maximum Gasteiger partial charge on any atom is 0.192 e. The summed E-state index contributed by atoms with van der Waals surface area (Å²) in [5.74, 6) is 0.0857. The minimum absolute atomic E-state index is 0.0857. The normalized spacial score (nSPS) is 9.95. The van der Waals surface area contributed by atoms with Gasteiger partial charge >= 0.3 is 0 Å². The summed E-state index contributed by atoms with van der Waals surface area (Å²) in [6.45, 7) is 0.318. The van der Waals surface area contributed by atoms with E-state index in [0.717, 1.165) is 14.4 Å². The molecule has 2 rings (SSSR count). The molecule has 1 aromatic heterocycles. The van der Waals surface area contributed by atoms with Crippen LogP contribution in [0.2, 0.25) is 0 Å². The van der Waals surface area contributed by atoms with Crippen LogP contribution in [0.4, 0.5) is 5.69 Å². The zero-order valence-electron chi connectivity index (χ0n) is 10.3. The Labute approximate surface area is 124 Å². The fourth-order valence-electron chi connectivity index (χ4n) is 1.64. The summed E-state index contributed by atoms with van der Waals surface area (Å²) in [5, 5.41) is 8.74. The molecule has 2 aromatic rings. The molecule has 0 atom stereocenters. The van der Waals surface area contributed by atoms with Gasteiger partial charge in [0.05, 0.1) is 26.8 Å². The third kappa shape index (κ3) is 3.43. The Morgan fingerprint density at radius 3 is 2.53 bits per heavy atom. The molecule has 3 nitrogen and oxygen atoms in total. The highest BCUT2D eigenvalue weighted by atomic mass is 79.9. The lowest BCUT2D eigenvalue weighted by Gasteiger charge is -2.17. The molecule has 0 spiro atoms. The number of hydrogen-bond donors (Lipinski definition) is 0. The molecule has 0 saturated heterocycles. The number of anilines is 1. The Morgan fingerprint density at radius 1 is 1.32 bits per heavy atom. The van der Waals surface area contributed by atoms with Gasteiger partial charge in [0.1, 0.15) is 0 Å². The van der Waals surface area contributed by atoms with Gasteiger partial charge in [-0.1, -0.05) is 0 Å². The maximum absolute atomic E-state index is 12.1. The summed E-state index contributed by atoms with van der Waals surface area (Å²) < 4.78 is 0.955. The van der Waals surface area contributed by atoms with Crippen molar-refractivity contribution in [1.82, 2.24) is 0 Å². The summed E-state index contributed by atoms with van der Waals surface area (Å²) >= 11 is 4.79. The van der Waals surface area contributed by atoms with E-state index in [2.05, 4.69) is 22.0 Å². The summed E-state index contributed by atoms with van der Waals surface area (Å²) in [6.07, 6.45) is 0. The van der Waals surface area contributed by atoms with E-state index in [1.807, 2.05) is 36.2 Å². The molecule has 0 aliphatic carbocycles. The molecule has 0 fully saturated rings. The third-order valence-corrected chi connectivity index (χ3v) is 4.33. The van der Waals surface area contributed by atoms with Crippen molar-refractivity contribution in [3.8, 4) is 6.07 Å². The van der Waals surface area contributed by atoms with Crippen LogP contribution in [-0.4, -0.2) is 19.4 Å². The van der Waals surface area contributed by atoms with Crippen LogP contribution in [0, 0.1) is 11.3 Å². The summed E-state index contributed by atoms with van der Waals surface area (Å²) in [7, 11) is 1.86. The van der Waals surface area contributed by atoms with Crippen LogP contribution in [-0.2, 0) is 0 Å². The number of benzene rings is 1. The average molecular weight is 335 g/mol. The summed E-state index contributed by atoms with van der Waals surface area (Å²) in [5.41, 5.74) is 1.54. The van der Waals surface area contributed by atoms with Gasteiger partial charge < -0.3 is 4.90 Å². The smallest absolute Gasteiger partial charge is 0.192 e. The van der Waals surface area contributed by atoms with Crippen molar-refractivity contribution in [2.24, 2.45) is 0 Å². The second kappa shape index (κ2) is 6.00. The number of hydrogen-bond acceptors (Lipinski definition) is 4. The van der Waals surface area contributed by atoms with Crippen molar-refractivity contribution in [3.63, 3.8) is 0 Å². The first-order chi connectivity index (χ1) is 9.10. The molecule has 5 heteroatoms. The van der Waals surface area contributed by atoms with Crippen molar-refractivity contribution in [1.29, 1.82) is 5.26 Å². The fraction of sp³-hybridized carbons (Fsp3) is 0.143. The highest BCUT2D eigenvalue weighted by Crippen LogP contribution is 2.23. The van der Waals surface area contributed by atoms with Crippen molar-refractivity contribution in [2.45, 2.75) is 0 Å². The van der Waals surface area contributed by atoms with Crippen LogP contribution in [0.1, 0.15) is 15.2 Å². The number of thiophene rings is 1. The highest BCUT2D eigenvalue weighted by Gasteiger charge is 2.12. The average Bonchev–Trinajstić information content (AvgIpc) is 2.85. The van der Waals surface area contributed by atoms with Gasteiger partial charge in [-0.2, -0.15) is 5.26 Å². The van der Waals surface area contributed by atoms with Gasteiger partial charge in [-0.05, 0) is 52.3 Å². The number of nitrogens with zero attached hydrogens (tertiary/aromatic N) is 2. The lowest BCUT2D eigenvalue weighted by molar-refractivity contribution is 0.100. The first-order valence-corrected chi connectivity index (χ1v) is 7.21. The number of Topliss-reactive ketones (excluding diaryl/α,β-unsaturated/α-hetero) is 1. The second-order valence-electron chi connectivity index (χ2n) is 4.04. The molecule has 1 heterocycles. The Bertz CT molecular complexity index is 628. The van der Waals surface area contributed by atoms with Crippen LogP contribution >= 0.6 is 27.3 Å².